The zero-order valence-corrected chi connectivity index (χ0v) is 26.7. The molecular weight excluding hydrogens is 652 g/mol. The minimum absolute atomic E-state index is 0.0401. The lowest BCUT2D eigenvalue weighted by atomic mass is 10.0. The number of halogens is 4. The Morgan fingerprint density at radius 3 is 1.95 bits per heavy atom. The minimum atomic E-state index is -4.28. The summed E-state index contributed by atoms with van der Waals surface area (Å²) in [5.41, 5.74) is 1.31. The third-order valence-electron chi connectivity index (χ3n) is 6.71. The molecule has 0 bridgehead atoms. The fourth-order valence-corrected chi connectivity index (χ4v) is 6.70. The summed E-state index contributed by atoms with van der Waals surface area (Å²) < 4.78 is 28.9. The molecule has 4 aromatic carbocycles. The number of anilines is 1. The molecule has 0 aromatic heterocycles. The number of nitrogens with zero attached hydrogens (tertiary/aromatic N) is 2. The number of likely N-dealkylation sites (N-methyl/N-ethyl adjacent to an activating group) is 1. The highest BCUT2D eigenvalue weighted by atomic mass is 35.5. The molecule has 0 spiro atoms. The molecule has 43 heavy (non-hydrogen) atoms. The van der Waals surface area contributed by atoms with Gasteiger partial charge in [0.15, 0.2) is 0 Å². The number of carbonyl (C=O) groups excluding carboxylic acids is 2. The van der Waals surface area contributed by atoms with Crippen LogP contribution >= 0.6 is 46.4 Å². The van der Waals surface area contributed by atoms with Gasteiger partial charge in [0, 0.05) is 35.6 Å². The summed E-state index contributed by atoms with van der Waals surface area (Å²) in [7, 11) is -2.81. The van der Waals surface area contributed by atoms with Crippen LogP contribution in [-0.2, 0) is 32.6 Å². The molecule has 0 radical (unpaired) electrons. The van der Waals surface area contributed by atoms with Crippen LogP contribution in [0.25, 0.3) is 0 Å². The molecule has 1 N–H and O–H groups in total. The molecular formula is C31H27Cl4N3O4S. The third-order valence-corrected chi connectivity index (χ3v) is 9.94. The van der Waals surface area contributed by atoms with Crippen molar-refractivity contribution in [1.29, 1.82) is 0 Å². The minimum Gasteiger partial charge on any atom is -0.357 e. The van der Waals surface area contributed by atoms with Gasteiger partial charge in [-0.1, -0.05) is 101 Å². The number of sulfonamides is 1. The van der Waals surface area contributed by atoms with Gasteiger partial charge >= 0.3 is 0 Å². The van der Waals surface area contributed by atoms with E-state index in [-0.39, 0.29) is 33.6 Å². The number of carbonyl (C=O) groups is 2. The molecule has 0 saturated carbocycles. The van der Waals surface area contributed by atoms with Crippen LogP contribution in [0.5, 0.6) is 0 Å². The van der Waals surface area contributed by atoms with Gasteiger partial charge in [-0.15, -0.1) is 0 Å². The van der Waals surface area contributed by atoms with Gasteiger partial charge in [0.1, 0.15) is 12.6 Å². The first-order chi connectivity index (χ1) is 20.5. The van der Waals surface area contributed by atoms with Crippen LogP contribution in [0.2, 0.25) is 20.1 Å². The fraction of sp³-hybridized carbons (Fsp3) is 0.161. The topological polar surface area (TPSA) is 86.8 Å². The largest absolute Gasteiger partial charge is 0.357 e. The summed E-state index contributed by atoms with van der Waals surface area (Å²) in [6.07, 6.45) is 0.145. The maximum atomic E-state index is 14.3. The van der Waals surface area contributed by atoms with Crippen molar-refractivity contribution >= 4 is 73.9 Å². The number of amides is 2. The Morgan fingerprint density at radius 1 is 0.767 bits per heavy atom. The van der Waals surface area contributed by atoms with Crippen molar-refractivity contribution in [3.63, 3.8) is 0 Å². The summed E-state index contributed by atoms with van der Waals surface area (Å²) in [5, 5.41) is 3.53. The second-order valence-corrected chi connectivity index (χ2v) is 13.0. The smallest absolute Gasteiger partial charge is 0.264 e. The van der Waals surface area contributed by atoms with E-state index in [0.29, 0.717) is 15.6 Å². The van der Waals surface area contributed by atoms with Crippen molar-refractivity contribution in [2.24, 2.45) is 0 Å². The lowest BCUT2D eigenvalue weighted by Crippen LogP contribution is -2.53. The molecule has 4 aromatic rings. The normalized spacial score (nSPS) is 11.9. The average molecular weight is 679 g/mol. The van der Waals surface area contributed by atoms with E-state index in [9.17, 15) is 18.0 Å². The molecule has 1 atom stereocenters. The highest BCUT2D eigenvalue weighted by Gasteiger charge is 2.35. The summed E-state index contributed by atoms with van der Waals surface area (Å²) in [5.74, 6) is -1.13. The fourth-order valence-electron chi connectivity index (χ4n) is 4.46. The van der Waals surface area contributed by atoms with E-state index in [1.54, 1.807) is 36.4 Å². The number of rotatable bonds is 11. The maximum absolute atomic E-state index is 14.3. The van der Waals surface area contributed by atoms with Gasteiger partial charge in [0.2, 0.25) is 11.8 Å². The van der Waals surface area contributed by atoms with Crippen molar-refractivity contribution in [2.45, 2.75) is 23.9 Å². The van der Waals surface area contributed by atoms with Crippen LogP contribution in [0.4, 0.5) is 5.69 Å². The average Bonchev–Trinajstić information content (AvgIpc) is 3.00. The quantitative estimate of drug-likeness (QED) is 0.187. The van der Waals surface area contributed by atoms with Crippen molar-refractivity contribution in [3.05, 3.63) is 128 Å². The zero-order chi connectivity index (χ0) is 31.1. The van der Waals surface area contributed by atoms with Crippen LogP contribution in [-0.4, -0.2) is 44.8 Å². The first-order valence-corrected chi connectivity index (χ1v) is 16.0. The number of hydrogen-bond acceptors (Lipinski definition) is 4. The highest BCUT2D eigenvalue weighted by Crippen LogP contribution is 2.32. The molecule has 0 fully saturated rings. The van der Waals surface area contributed by atoms with Gasteiger partial charge in [-0.2, -0.15) is 0 Å². The van der Waals surface area contributed by atoms with Crippen molar-refractivity contribution in [1.82, 2.24) is 10.2 Å². The van der Waals surface area contributed by atoms with Gasteiger partial charge in [-0.05, 0) is 48.0 Å². The SMILES string of the molecule is CNC(=O)[C@H](Cc1ccccc1)N(Cc1c(Cl)cccc1Cl)C(=O)CN(c1ccc(Cl)c(Cl)c1)S(=O)(=O)c1ccccc1. The van der Waals surface area contributed by atoms with E-state index >= 15 is 0 Å². The molecule has 224 valence electrons. The van der Waals surface area contributed by atoms with E-state index in [1.165, 1.54) is 42.3 Å². The molecule has 12 heteroatoms. The zero-order valence-electron chi connectivity index (χ0n) is 22.9. The first kappa shape index (κ1) is 32.6. The van der Waals surface area contributed by atoms with Gasteiger partial charge in [0.25, 0.3) is 10.0 Å². The summed E-state index contributed by atoms with van der Waals surface area (Å²) in [6, 6.07) is 25.0. The molecule has 0 aliphatic carbocycles. The summed E-state index contributed by atoms with van der Waals surface area (Å²) in [4.78, 5) is 28.9. The summed E-state index contributed by atoms with van der Waals surface area (Å²) in [6.45, 7) is -0.831. The van der Waals surface area contributed by atoms with Crippen LogP contribution < -0.4 is 9.62 Å². The molecule has 0 unspecified atom stereocenters. The number of benzene rings is 4. The predicted molar refractivity (Wildman–Crippen MR) is 172 cm³/mol. The summed E-state index contributed by atoms with van der Waals surface area (Å²) >= 11 is 25.4. The Bertz CT molecular complexity index is 1690. The van der Waals surface area contributed by atoms with Crippen LogP contribution in [0.3, 0.4) is 0 Å². The molecule has 4 rings (SSSR count). The van der Waals surface area contributed by atoms with E-state index < -0.39 is 34.4 Å². The van der Waals surface area contributed by atoms with Crippen molar-refractivity contribution < 1.29 is 18.0 Å². The first-order valence-electron chi connectivity index (χ1n) is 13.0. The predicted octanol–water partition coefficient (Wildman–Crippen LogP) is 6.88. The van der Waals surface area contributed by atoms with Crippen molar-refractivity contribution in [3.8, 4) is 0 Å². The molecule has 0 aliphatic rings. The lowest BCUT2D eigenvalue weighted by molar-refractivity contribution is -0.139. The molecule has 2 amide bonds. The van der Waals surface area contributed by atoms with E-state index in [1.807, 2.05) is 30.3 Å². The lowest BCUT2D eigenvalue weighted by Gasteiger charge is -2.34. The Labute approximate surface area is 271 Å². The van der Waals surface area contributed by atoms with E-state index in [2.05, 4.69) is 5.32 Å². The van der Waals surface area contributed by atoms with Crippen LogP contribution in [0.15, 0.2) is 102 Å². The molecule has 7 nitrogen and oxygen atoms in total. The Kier molecular flexibility index (Phi) is 11.0. The molecule has 0 saturated heterocycles. The van der Waals surface area contributed by atoms with E-state index in [0.717, 1.165) is 9.87 Å². The highest BCUT2D eigenvalue weighted by molar-refractivity contribution is 7.92. The monoisotopic (exact) mass is 677 g/mol. The second kappa shape index (κ2) is 14.5. The maximum Gasteiger partial charge on any atom is 0.264 e. The third kappa shape index (κ3) is 7.82. The van der Waals surface area contributed by atoms with Gasteiger partial charge in [-0.3, -0.25) is 13.9 Å². The second-order valence-electron chi connectivity index (χ2n) is 9.46. The Balaban J connectivity index is 1.83. The van der Waals surface area contributed by atoms with Gasteiger partial charge < -0.3 is 10.2 Å². The van der Waals surface area contributed by atoms with Gasteiger partial charge in [-0.25, -0.2) is 8.42 Å². The van der Waals surface area contributed by atoms with Crippen LogP contribution in [0.1, 0.15) is 11.1 Å². The van der Waals surface area contributed by atoms with Crippen molar-refractivity contribution in [2.75, 3.05) is 17.9 Å². The number of hydrogen-bond donors (Lipinski definition) is 1. The standard InChI is InChI=1S/C31H27Cl4N3O4S/c1-36-31(40)29(17-21-9-4-2-5-10-21)37(19-24-25(32)13-8-14-26(24)33)30(39)20-38(22-15-16-27(34)28(35)18-22)43(41,42)23-11-6-3-7-12-23/h2-16,18,29H,17,19-20H2,1H3,(H,36,40)/t29-/m0/s1. The van der Waals surface area contributed by atoms with Gasteiger partial charge in [0.05, 0.1) is 20.6 Å². The molecule has 0 heterocycles. The van der Waals surface area contributed by atoms with Crippen LogP contribution in [0, 0.1) is 0 Å². The van der Waals surface area contributed by atoms with E-state index in [4.69, 9.17) is 46.4 Å². The Morgan fingerprint density at radius 2 is 1.37 bits per heavy atom. The molecule has 0 aliphatic heterocycles. The Hall–Kier alpha value is -3.27. The number of nitrogens with one attached hydrogen (secondary N) is 1.